The number of nitrogens with one attached hydrogen (secondary N) is 1. The van der Waals surface area contributed by atoms with Crippen LogP contribution in [0.1, 0.15) is 43.7 Å². The molecular weight excluding hydrogens is 516 g/mol. The molecule has 5 nitrogen and oxygen atoms in total. The first-order valence-electron chi connectivity index (χ1n) is 12.7. The zero-order valence-electron chi connectivity index (χ0n) is 22.2. The van der Waals surface area contributed by atoms with Crippen molar-refractivity contribution in [3.05, 3.63) is 72.8 Å². The quantitative estimate of drug-likeness (QED) is 0.189. The van der Waals surface area contributed by atoms with Crippen LogP contribution in [0.2, 0.25) is 0 Å². The highest BCUT2D eigenvalue weighted by Crippen LogP contribution is 2.37. The lowest BCUT2D eigenvalue weighted by atomic mass is 9.97. The third-order valence-electron chi connectivity index (χ3n) is 5.99. The second-order valence-electron chi connectivity index (χ2n) is 9.74. The molecule has 0 radical (unpaired) electrons. The number of rotatable bonds is 16. The van der Waals surface area contributed by atoms with Crippen LogP contribution in [0.5, 0.6) is 11.5 Å². The van der Waals surface area contributed by atoms with Crippen molar-refractivity contribution in [2.75, 3.05) is 40.3 Å². The van der Waals surface area contributed by atoms with Gasteiger partial charge in [0.05, 0.1) is 27.2 Å². The van der Waals surface area contributed by atoms with E-state index >= 15 is 0 Å². The standard InChI is InChI=1S/C30H42N2O3.BrH/c1-6-9-10-18-31-30(34)23-32(4,5)19-11-20-35-29-17-15-25(13-8-3)22-27(29)26-21-24(12-7-2)14-16-28(26)33;/h7-8,14-17,21-22H,2-3,6,9-13,18-20,23H2,1,4-5H3,(H-,31,33,34);1H. The number of aromatic hydroxyl groups is 1. The van der Waals surface area contributed by atoms with Crippen molar-refractivity contribution in [2.24, 2.45) is 0 Å². The second kappa shape index (κ2) is 16.2. The summed E-state index contributed by atoms with van der Waals surface area (Å²) in [5.41, 5.74) is 3.81. The Labute approximate surface area is 228 Å². The van der Waals surface area contributed by atoms with Crippen molar-refractivity contribution in [3.8, 4) is 22.6 Å². The molecule has 0 heterocycles. The zero-order chi connectivity index (χ0) is 25.7. The van der Waals surface area contributed by atoms with E-state index in [4.69, 9.17) is 4.74 Å². The Bertz CT molecular complexity index is 988. The Morgan fingerprint density at radius 2 is 1.64 bits per heavy atom. The van der Waals surface area contributed by atoms with Crippen LogP contribution in [0.3, 0.4) is 0 Å². The van der Waals surface area contributed by atoms with Gasteiger partial charge >= 0.3 is 0 Å². The van der Waals surface area contributed by atoms with Gasteiger partial charge in [-0.2, -0.15) is 0 Å². The van der Waals surface area contributed by atoms with Gasteiger partial charge in [-0.1, -0.05) is 44.1 Å². The summed E-state index contributed by atoms with van der Waals surface area (Å²) in [7, 11) is 4.15. The fraction of sp³-hybridized carbons (Fsp3) is 0.433. The van der Waals surface area contributed by atoms with Crippen molar-refractivity contribution < 1.29 is 36.1 Å². The third-order valence-corrected chi connectivity index (χ3v) is 5.99. The van der Waals surface area contributed by atoms with Crippen LogP contribution < -0.4 is 27.0 Å². The molecule has 2 rings (SSSR count). The molecule has 2 N–H and O–H groups in total. The predicted molar refractivity (Wildman–Crippen MR) is 146 cm³/mol. The Balaban J connectivity index is 0.00000648. The van der Waals surface area contributed by atoms with Crippen molar-refractivity contribution in [2.45, 2.75) is 45.4 Å². The summed E-state index contributed by atoms with van der Waals surface area (Å²) in [5, 5.41) is 13.6. The molecule has 6 heteroatoms. The second-order valence-corrected chi connectivity index (χ2v) is 9.74. The molecule has 0 aliphatic heterocycles. The predicted octanol–water partition coefficient (Wildman–Crippen LogP) is 2.67. The first-order chi connectivity index (χ1) is 16.8. The van der Waals surface area contributed by atoms with Crippen molar-refractivity contribution >= 4 is 5.91 Å². The van der Waals surface area contributed by atoms with Crippen LogP contribution in [0, 0.1) is 0 Å². The molecule has 0 fully saturated rings. The highest BCUT2D eigenvalue weighted by Gasteiger charge is 2.20. The van der Waals surface area contributed by atoms with Gasteiger partial charge in [0, 0.05) is 24.1 Å². The number of quaternary nitrogens is 1. The van der Waals surface area contributed by atoms with Gasteiger partial charge in [0.1, 0.15) is 11.5 Å². The van der Waals surface area contributed by atoms with E-state index in [-0.39, 0.29) is 28.6 Å². The number of carbonyl (C=O) groups excluding carboxylic acids is 1. The lowest BCUT2D eigenvalue weighted by Gasteiger charge is -2.29. The van der Waals surface area contributed by atoms with Crippen LogP contribution in [-0.4, -0.2) is 55.8 Å². The van der Waals surface area contributed by atoms with Gasteiger partial charge in [-0.3, -0.25) is 4.79 Å². The molecule has 36 heavy (non-hydrogen) atoms. The number of carbonyl (C=O) groups is 1. The smallest absolute Gasteiger partial charge is 0.275 e. The maximum Gasteiger partial charge on any atom is 0.275 e. The van der Waals surface area contributed by atoms with Crippen LogP contribution in [-0.2, 0) is 17.6 Å². The lowest BCUT2D eigenvalue weighted by Crippen LogP contribution is -3.00. The van der Waals surface area contributed by atoms with Crippen LogP contribution in [0.4, 0.5) is 0 Å². The van der Waals surface area contributed by atoms with Gasteiger partial charge in [0.15, 0.2) is 6.54 Å². The summed E-state index contributed by atoms with van der Waals surface area (Å²) in [4.78, 5) is 12.3. The van der Waals surface area contributed by atoms with Crippen LogP contribution in [0.15, 0.2) is 61.7 Å². The minimum atomic E-state index is 0. The van der Waals surface area contributed by atoms with Gasteiger partial charge in [0.2, 0.25) is 0 Å². The topological polar surface area (TPSA) is 58.6 Å². The normalized spacial score (nSPS) is 10.9. The molecule has 2 aromatic carbocycles. The fourth-order valence-corrected chi connectivity index (χ4v) is 4.10. The number of unbranched alkanes of at least 4 members (excludes halogenated alkanes) is 2. The summed E-state index contributed by atoms with van der Waals surface area (Å²) in [6.45, 7) is 12.4. The van der Waals surface area contributed by atoms with Crippen LogP contribution in [0.25, 0.3) is 11.1 Å². The number of allylic oxidation sites excluding steroid dienone is 2. The van der Waals surface area contributed by atoms with Crippen molar-refractivity contribution in [1.82, 2.24) is 5.32 Å². The number of likely N-dealkylation sites (N-methyl/N-ethyl adjacent to an activating group) is 1. The van der Waals surface area contributed by atoms with E-state index in [2.05, 4.69) is 45.6 Å². The number of halogens is 1. The van der Waals surface area contributed by atoms with Gasteiger partial charge < -0.3 is 36.6 Å². The van der Waals surface area contributed by atoms with Crippen LogP contribution >= 0.6 is 0 Å². The van der Waals surface area contributed by atoms with Gasteiger partial charge in [-0.05, 0) is 54.7 Å². The molecule has 198 valence electrons. The number of hydrogen-bond acceptors (Lipinski definition) is 3. The van der Waals surface area contributed by atoms with Gasteiger partial charge in [-0.15, -0.1) is 13.2 Å². The Hall–Kier alpha value is -2.57. The fourth-order valence-electron chi connectivity index (χ4n) is 4.10. The number of amides is 1. The summed E-state index contributed by atoms with van der Waals surface area (Å²) >= 11 is 0. The molecule has 0 bridgehead atoms. The van der Waals surface area contributed by atoms with E-state index in [1.165, 1.54) is 0 Å². The number of ether oxygens (including phenoxy) is 1. The minimum Gasteiger partial charge on any atom is -1.00 e. The number of benzene rings is 2. The van der Waals surface area contributed by atoms with Crippen molar-refractivity contribution in [3.63, 3.8) is 0 Å². The zero-order valence-corrected chi connectivity index (χ0v) is 23.8. The van der Waals surface area contributed by atoms with E-state index in [0.29, 0.717) is 17.6 Å². The lowest BCUT2D eigenvalue weighted by molar-refractivity contribution is -0.882. The third kappa shape index (κ3) is 10.6. The molecular formula is C30H43BrN2O3. The molecule has 0 aliphatic rings. The number of phenolic OH excluding ortho intramolecular Hbond substituents is 1. The molecule has 0 atom stereocenters. The van der Waals surface area contributed by atoms with E-state index in [1.54, 1.807) is 6.07 Å². The molecule has 2 aromatic rings. The summed E-state index contributed by atoms with van der Waals surface area (Å²) in [6, 6.07) is 11.7. The summed E-state index contributed by atoms with van der Waals surface area (Å²) in [5.74, 6) is 1.06. The summed E-state index contributed by atoms with van der Waals surface area (Å²) < 4.78 is 6.81. The maximum absolute atomic E-state index is 12.3. The first kappa shape index (κ1) is 31.5. The van der Waals surface area contributed by atoms with Crippen molar-refractivity contribution in [1.29, 1.82) is 0 Å². The van der Waals surface area contributed by atoms with E-state index in [1.807, 2.05) is 36.4 Å². The summed E-state index contributed by atoms with van der Waals surface area (Å²) in [6.07, 6.45) is 9.33. The molecule has 1 amide bonds. The Morgan fingerprint density at radius 1 is 1.00 bits per heavy atom. The number of nitrogens with zero attached hydrogens (tertiary/aromatic N) is 1. The Kier molecular flexibility index (Phi) is 14.2. The van der Waals surface area contributed by atoms with Gasteiger partial charge in [-0.25, -0.2) is 0 Å². The first-order valence-corrected chi connectivity index (χ1v) is 12.7. The molecule has 0 unspecified atom stereocenters. The van der Waals surface area contributed by atoms with E-state index < -0.39 is 0 Å². The average Bonchev–Trinajstić information content (AvgIpc) is 2.81. The van der Waals surface area contributed by atoms with Gasteiger partial charge in [0.25, 0.3) is 5.91 Å². The molecule has 0 spiro atoms. The monoisotopic (exact) mass is 558 g/mol. The number of hydrogen-bond donors (Lipinski definition) is 2. The minimum absolute atomic E-state index is 0. The average molecular weight is 560 g/mol. The van der Waals surface area contributed by atoms with E-state index in [9.17, 15) is 9.90 Å². The highest BCUT2D eigenvalue weighted by atomic mass is 79.9. The largest absolute Gasteiger partial charge is 1.00 e. The highest BCUT2D eigenvalue weighted by molar-refractivity contribution is 5.77. The molecule has 0 aliphatic carbocycles. The SMILES string of the molecule is C=CCc1ccc(O)c(-c2cc(CC=C)ccc2OCCC[N+](C)(C)CC(=O)NCCCCC)c1.[Br-]. The molecule has 0 aromatic heterocycles. The maximum atomic E-state index is 12.3. The molecule has 0 saturated carbocycles. The molecule has 0 saturated heterocycles. The Morgan fingerprint density at radius 3 is 2.28 bits per heavy atom. The number of phenols is 1. The van der Waals surface area contributed by atoms with E-state index in [0.717, 1.165) is 79.6 Å².